The van der Waals surface area contributed by atoms with E-state index >= 15 is 0 Å². The Labute approximate surface area is 184 Å². The first kappa shape index (κ1) is 22.2. The summed E-state index contributed by atoms with van der Waals surface area (Å²) >= 11 is 0. The average Bonchev–Trinajstić information content (AvgIpc) is 3.33. The molecule has 2 fully saturated rings. The predicted molar refractivity (Wildman–Crippen MR) is 113 cm³/mol. The van der Waals surface area contributed by atoms with Crippen molar-refractivity contribution in [1.82, 2.24) is 20.0 Å². The Bertz CT molecular complexity index is 1130. The summed E-state index contributed by atoms with van der Waals surface area (Å²) < 4.78 is 47.2. The van der Waals surface area contributed by atoms with Gasteiger partial charge in [-0.25, -0.2) is 27.3 Å². The van der Waals surface area contributed by atoms with E-state index in [2.05, 4.69) is 20.0 Å². The number of imidazole rings is 1. The number of H-pyrrole nitrogens is 1. The van der Waals surface area contributed by atoms with Crippen LogP contribution in [0.25, 0.3) is 0 Å². The number of urea groups is 1. The van der Waals surface area contributed by atoms with Crippen LogP contribution in [-0.4, -0.2) is 49.2 Å². The Morgan fingerprint density at radius 1 is 1.34 bits per heavy atom. The molecule has 10 nitrogen and oxygen atoms in total. The van der Waals surface area contributed by atoms with E-state index in [1.807, 2.05) is 0 Å². The molecule has 0 spiro atoms. The van der Waals surface area contributed by atoms with Gasteiger partial charge in [0.05, 0.1) is 18.6 Å². The van der Waals surface area contributed by atoms with Crippen molar-refractivity contribution in [2.24, 2.45) is 5.92 Å². The van der Waals surface area contributed by atoms with E-state index in [0.717, 1.165) is 12.8 Å². The van der Waals surface area contributed by atoms with E-state index in [0.29, 0.717) is 29.7 Å². The van der Waals surface area contributed by atoms with Crippen molar-refractivity contribution in [1.29, 1.82) is 0 Å². The van der Waals surface area contributed by atoms with Crippen LogP contribution in [0.4, 0.5) is 15.0 Å². The molecule has 2 aliphatic rings. The third-order valence-electron chi connectivity index (χ3n) is 5.29. The Morgan fingerprint density at radius 3 is 2.81 bits per heavy atom. The van der Waals surface area contributed by atoms with Crippen LogP contribution >= 0.6 is 0 Å². The number of aryl methyl sites for hydroxylation is 1. The number of sulfonamides is 1. The fourth-order valence-electron chi connectivity index (χ4n) is 3.27. The molecule has 2 aromatic rings. The molecule has 1 atom stereocenters. The highest BCUT2D eigenvalue weighted by Gasteiger charge is 2.29. The molecule has 2 heterocycles. The minimum atomic E-state index is -3.69. The maximum Gasteiger partial charge on any atom is 0.330 e. The van der Waals surface area contributed by atoms with Crippen LogP contribution in [0.3, 0.4) is 0 Å². The normalized spacial score (nSPS) is 17.5. The van der Waals surface area contributed by atoms with Gasteiger partial charge in [-0.3, -0.25) is 15.0 Å². The smallest absolute Gasteiger partial charge is 0.330 e. The Morgan fingerprint density at radius 2 is 2.12 bits per heavy atom. The van der Waals surface area contributed by atoms with Crippen LogP contribution in [0.15, 0.2) is 24.4 Å². The van der Waals surface area contributed by atoms with E-state index in [9.17, 15) is 22.4 Å². The first-order valence-corrected chi connectivity index (χ1v) is 11.9. The maximum atomic E-state index is 14.0. The van der Waals surface area contributed by atoms with E-state index in [-0.39, 0.29) is 24.5 Å². The number of carbonyl (C=O) groups excluding carboxylic acids is 2. The SMILES string of the molecule is C[C@@H](NS(=O)(=O)CCc1ncc(N2CC(=O)NC2=O)[nH]1)c1ccc(F)c(OCC2CC2)c1. The maximum absolute atomic E-state index is 14.0. The third kappa shape index (κ3) is 5.43. The van der Waals surface area contributed by atoms with Crippen LogP contribution in [-0.2, 0) is 21.2 Å². The van der Waals surface area contributed by atoms with Crippen molar-refractivity contribution >= 4 is 27.8 Å². The monoisotopic (exact) mass is 465 g/mol. The van der Waals surface area contributed by atoms with Gasteiger partial charge in [0, 0.05) is 12.5 Å². The van der Waals surface area contributed by atoms with Crippen molar-refractivity contribution in [2.45, 2.75) is 32.2 Å². The molecule has 1 saturated carbocycles. The van der Waals surface area contributed by atoms with E-state index in [4.69, 9.17) is 4.74 Å². The number of rotatable bonds is 10. The number of aromatic amines is 1. The van der Waals surface area contributed by atoms with Crippen molar-refractivity contribution in [3.8, 4) is 5.75 Å². The summed E-state index contributed by atoms with van der Waals surface area (Å²) in [5, 5.41) is 2.15. The largest absolute Gasteiger partial charge is 0.490 e. The fraction of sp³-hybridized carbons (Fsp3) is 0.450. The fourth-order valence-corrected chi connectivity index (χ4v) is 4.53. The van der Waals surface area contributed by atoms with Crippen molar-refractivity contribution in [2.75, 3.05) is 23.8 Å². The lowest BCUT2D eigenvalue weighted by molar-refractivity contribution is -0.117. The first-order valence-electron chi connectivity index (χ1n) is 10.3. The van der Waals surface area contributed by atoms with Crippen LogP contribution in [0.2, 0.25) is 0 Å². The summed E-state index contributed by atoms with van der Waals surface area (Å²) in [5.74, 6) is 0.112. The highest BCUT2D eigenvalue weighted by molar-refractivity contribution is 7.89. The van der Waals surface area contributed by atoms with Crippen molar-refractivity contribution < 1.29 is 27.1 Å². The van der Waals surface area contributed by atoms with E-state index < -0.39 is 33.8 Å². The second kappa shape index (κ2) is 8.87. The lowest BCUT2D eigenvalue weighted by Crippen LogP contribution is -2.30. The average molecular weight is 466 g/mol. The molecule has 0 radical (unpaired) electrons. The molecule has 172 valence electrons. The zero-order valence-corrected chi connectivity index (χ0v) is 18.2. The number of hydrogen-bond donors (Lipinski definition) is 3. The standard InChI is InChI=1S/C20H24FN5O5S/c1-12(14-4-5-15(21)16(8-14)31-11-13-2-3-13)25-32(29,30)7-6-17-22-9-18(23-17)26-10-19(27)24-20(26)28/h4-5,8-9,12-13,25H,2-3,6-7,10-11H2,1H3,(H,22,23)(H,24,27,28)/t12-/m1/s1. The number of carbonyl (C=O) groups is 2. The number of anilines is 1. The minimum absolute atomic E-state index is 0.0740. The molecule has 1 aliphatic carbocycles. The molecule has 1 aromatic carbocycles. The van der Waals surface area contributed by atoms with Gasteiger partial charge in [-0.05, 0) is 43.4 Å². The number of nitrogens with one attached hydrogen (secondary N) is 3. The molecule has 12 heteroatoms. The van der Waals surface area contributed by atoms with Gasteiger partial charge < -0.3 is 9.72 Å². The van der Waals surface area contributed by atoms with Gasteiger partial charge in [-0.2, -0.15) is 0 Å². The number of nitrogens with zero attached hydrogens (tertiary/aromatic N) is 2. The summed E-state index contributed by atoms with van der Waals surface area (Å²) in [6.45, 7) is 2.00. The minimum Gasteiger partial charge on any atom is -0.490 e. The predicted octanol–water partition coefficient (Wildman–Crippen LogP) is 1.62. The second-order valence-electron chi connectivity index (χ2n) is 8.01. The second-order valence-corrected chi connectivity index (χ2v) is 9.88. The highest BCUT2D eigenvalue weighted by atomic mass is 32.2. The van der Waals surface area contributed by atoms with Crippen molar-refractivity contribution in [3.63, 3.8) is 0 Å². The Hall–Kier alpha value is -2.99. The van der Waals surface area contributed by atoms with Gasteiger partial charge in [0.1, 0.15) is 18.2 Å². The zero-order chi connectivity index (χ0) is 22.9. The molecule has 1 aliphatic heterocycles. The van der Waals surface area contributed by atoms with Gasteiger partial charge in [0.15, 0.2) is 11.6 Å². The molecular weight excluding hydrogens is 441 g/mol. The lowest BCUT2D eigenvalue weighted by atomic mass is 10.1. The lowest BCUT2D eigenvalue weighted by Gasteiger charge is -2.16. The molecule has 1 saturated heterocycles. The number of amides is 3. The number of halogens is 1. The van der Waals surface area contributed by atoms with Crippen LogP contribution in [0, 0.1) is 11.7 Å². The zero-order valence-electron chi connectivity index (χ0n) is 17.4. The van der Waals surface area contributed by atoms with Crippen LogP contribution < -0.4 is 19.7 Å². The van der Waals surface area contributed by atoms with Crippen LogP contribution in [0.1, 0.15) is 37.2 Å². The highest BCUT2D eigenvalue weighted by Crippen LogP contribution is 2.31. The third-order valence-corrected chi connectivity index (χ3v) is 6.74. The summed E-state index contributed by atoms with van der Waals surface area (Å²) in [7, 11) is -3.69. The number of aromatic nitrogens is 2. The summed E-state index contributed by atoms with van der Waals surface area (Å²) in [6.07, 6.45) is 3.61. The number of hydrogen-bond acceptors (Lipinski definition) is 6. The van der Waals surface area contributed by atoms with Crippen LogP contribution in [0.5, 0.6) is 5.75 Å². The summed E-state index contributed by atoms with van der Waals surface area (Å²) in [6, 6.07) is 3.16. The molecule has 3 amide bonds. The van der Waals surface area contributed by atoms with Gasteiger partial charge >= 0.3 is 6.03 Å². The molecular formula is C20H24FN5O5S. The van der Waals surface area contributed by atoms with E-state index in [1.165, 1.54) is 29.3 Å². The van der Waals surface area contributed by atoms with Gasteiger partial charge in [-0.1, -0.05) is 6.07 Å². The first-order chi connectivity index (χ1) is 15.2. The Balaban J connectivity index is 1.33. The van der Waals surface area contributed by atoms with Gasteiger partial charge in [0.2, 0.25) is 15.9 Å². The number of ether oxygens (including phenoxy) is 1. The Kier molecular flexibility index (Phi) is 6.15. The summed E-state index contributed by atoms with van der Waals surface area (Å²) in [4.78, 5) is 31.1. The molecule has 4 rings (SSSR count). The number of imide groups is 1. The summed E-state index contributed by atoms with van der Waals surface area (Å²) in [5.41, 5.74) is 0.589. The van der Waals surface area contributed by atoms with Crippen molar-refractivity contribution in [3.05, 3.63) is 41.6 Å². The molecule has 3 N–H and O–H groups in total. The number of benzene rings is 1. The van der Waals surface area contributed by atoms with E-state index in [1.54, 1.807) is 6.92 Å². The van der Waals surface area contributed by atoms with Gasteiger partial charge in [0.25, 0.3) is 0 Å². The molecule has 32 heavy (non-hydrogen) atoms. The molecule has 0 unspecified atom stereocenters. The molecule has 1 aromatic heterocycles. The van der Waals surface area contributed by atoms with Gasteiger partial charge in [-0.15, -0.1) is 0 Å². The topological polar surface area (TPSA) is 133 Å². The molecule has 0 bridgehead atoms. The quantitative estimate of drug-likeness (QED) is 0.457.